The Morgan fingerprint density at radius 3 is 2.42 bits per heavy atom. The van der Waals surface area contributed by atoms with Crippen LogP contribution in [0, 0.1) is 5.41 Å². The van der Waals surface area contributed by atoms with E-state index in [1.807, 2.05) is 38.1 Å². The van der Waals surface area contributed by atoms with Gasteiger partial charge in [0.05, 0.1) is 24.3 Å². The highest BCUT2D eigenvalue weighted by molar-refractivity contribution is 5.75. The maximum Gasteiger partial charge on any atom is 0.407 e. The van der Waals surface area contributed by atoms with E-state index >= 15 is 0 Å². The predicted octanol–water partition coefficient (Wildman–Crippen LogP) is 2.84. The van der Waals surface area contributed by atoms with Gasteiger partial charge in [-0.15, -0.1) is 0 Å². The van der Waals surface area contributed by atoms with E-state index in [-0.39, 0.29) is 5.97 Å². The first kappa shape index (κ1) is 19.9. The molecule has 1 fully saturated rings. The van der Waals surface area contributed by atoms with E-state index in [4.69, 9.17) is 14.6 Å². The molecule has 0 atom stereocenters. The number of ether oxygens (including phenoxy) is 2. The lowest BCUT2D eigenvalue weighted by molar-refractivity contribution is -0.154. The van der Waals surface area contributed by atoms with Crippen LogP contribution in [0.4, 0.5) is 10.5 Å². The van der Waals surface area contributed by atoms with Crippen molar-refractivity contribution in [2.75, 3.05) is 44.3 Å². The molecule has 0 unspecified atom stereocenters. The lowest BCUT2D eigenvalue weighted by atomic mass is 9.90. The molecule has 1 heterocycles. The van der Waals surface area contributed by atoms with Crippen LogP contribution in [-0.4, -0.2) is 61.5 Å². The van der Waals surface area contributed by atoms with E-state index in [9.17, 15) is 9.59 Å². The fraction of sp³-hybridized carbons (Fsp3) is 0.579. The summed E-state index contributed by atoms with van der Waals surface area (Å²) in [4.78, 5) is 26.6. The molecule has 1 N–H and O–H groups in total. The van der Waals surface area contributed by atoms with Crippen LogP contribution in [0.5, 0.6) is 5.75 Å². The summed E-state index contributed by atoms with van der Waals surface area (Å²) in [6, 6.07) is 7.72. The van der Waals surface area contributed by atoms with Crippen molar-refractivity contribution in [3.63, 3.8) is 0 Å². The first-order chi connectivity index (χ1) is 12.3. The highest BCUT2D eigenvalue weighted by Crippen LogP contribution is 2.30. The Labute approximate surface area is 154 Å². The summed E-state index contributed by atoms with van der Waals surface area (Å²) in [5, 5.41) is 9.07. The number of esters is 1. The van der Waals surface area contributed by atoms with Crippen LogP contribution in [0.2, 0.25) is 0 Å². The van der Waals surface area contributed by atoms with Crippen molar-refractivity contribution in [3.8, 4) is 5.75 Å². The highest BCUT2D eigenvalue weighted by atomic mass is 16.5. The molecular weight excluding hydrogens is 336 g/mol. The Bertz CT molecular complexity index is 624. The van der Waals surface area contributed by atoms with E-state index < -0.39 is 11.5 Å². The van der Waals surface area contributed by atoms with Crippen LogP contribution in [-0.2, 0) is 9.53 Å². The first-order valence-electron chi connectivity index (χ1n) is 8.97. The third kappa shape index (κ3) is 5.03. The Morgan fingerprint density at radius 2 is 1.81 bits per heavy atom. The minimum Gasteiger partial charge on any atom is -0.491 e. The first-order valence-corrected chi connectivity index (χ1v) is 8.97. The van der Waals surface area contributed by atoms with Crippen LogP contribution in [0.25, 0.3) is 0 Å². The van der Waals surface area contributed by atoms with Gasteiger partial charge in [-0.3, -0.25) is 4.79 Å². The molecule has 1 aliphatic heterocycles. The van der Waals surface area contributed by atoms with Crippen LogP contribution >= 0.6 is 0 Å². The number of para-hydroxylation sites is 2. The topological polar surface area (TPSA) is 79.3 Å². The Morgan fingerprint density at radius 1 is 1.15 bits per heavy atom. The summed E-state index contributed by atoms with van der Waals surface area (Å²) < 4.78 is 11.1. The highest BCUT2D eigenvalue weighted by Gasteiger charge is 2.29. The molecule has 26 heavy (non-hydrogen) atoms. The second-order valence-electron chi connectivity index (χ2n) is 6.93. The van der Waals surface area contributed by atoms with Gasteiger partial charge in [0, 0.05) is 26.2 Å². The van der Waals surface area contributed by atoms with Crippen molar-refractivity contribution in [2.24, 2.45) is 5.41 Å². The Hall–Kier alpha value is -2.44. The standard InChI is InChI=1S/C19H28N2O5/c1-4-25-17(22)19(2,3)9-14-26-16-8-6-5-7-15(16)20-10-12-21(13-11-20)18(23)24/h5-8H,4,9-14H2,1-3H3,(H,23,24). The number of hydrogen-bond acceptors (Lipinski definition) is 5. The molecule has 0 radical (unpaired) electrons. The molecule has 7 heteroatoms. The van der Waals surface area contributed by atoms with E-state index in [1.54, 1.807) is 6.92 Å². The number of rotatable bonds is 7. The molecule has 1 aromatic rings. The third-order valence-electron chi connectivity index (χ3n) is 4.57. The van der Waals surface area contributed by atoms with Gasteiger partial charge in [0.2, 0.25) is 0 Å². The molecule has 2 rings (SSSR count). The van der Waals surface area contributed by atoms with Gasteiger partial charge in [0.25, 0.3) is 0 Å². The maximum absolute atomic E-state index is 12.0. The largest absolute Gasteiger partial charge is 0.491 e. The number of anilines is 1. The lowest BCUT2D eigenvalue weighted by Gasteiger charge is -2.35. The summed E-state index contributed by atoms with van der Waals surface area (Å²) in [7, 11) is 0. The number of hydrogen-bond donors (Lipinski definition) is 1. The molecule has 1 saturated heterocycles. The van der Waals surface area contributed by atoms with Crippen molar-refractivity contribution in [1.29, 1.82) is 0 Å². The number of benzene rings is 1. The summed E-state index contributed by atoms with van der Waals surface area (Å²) in [5.74, 6) is 0.526. The van der Waals surface area contributed by atoms with Gasteiger partial charge in [-0.2, -0.15) is 0 Å². The van der Waals surface area contributed by atoms with Crippen molar-refractivity contribution in [2.45, 2.75) is 27.2 Å². The summed E-state index contributed by atoms with van der Waals surface area (Å²) >= 11 is 0. The summed E-state index contributed by atoms with van der Waals surface area (Å²) in [5.41, 5.74) is 0.351. The molecule has 0 spiro atoms. The maximum atomic E-state index is 12.0. The van der Waals surface area contributed by atoms with Crippen molar-refractivity contribution in [1.82, 2.24) is 4.90 Å². The van der Waals surface area contributed by atoms with Crippen molar-refractivity contribution >= 4 is 17.7 Å². The number of nitrogens with zero attached hydrogens (tertiary/aromatic N) is 2. The molecule has 1 aromatic carbocycles. The zero-order chi connectivity index (χ0) is 19.2. The van der Waals surface area contributed by atoms with Crippen LogP contribution in [0.3, 0.4) is 0 Å². The predicted molar refractivity (Wildman–Crippen MR) is 98.8 cm³/mol. The lowest BCUT2D eigenvalue weighted by Crippen LogP contribution is -2.48. The molecular formula is C19H28N2O5. The second kappa shape index (κ2) is 8.78. The minimum absolute atomic E-state index is 0.221. The van der Waals surface area contributed by atoms with Gasteiger partial charge in [-0.05, 0) is 39.3 Å². The quantitative estimate of drug-likeness (QED) is 0.750. The second-order valence-corrected chi connectivity index (χ2v) is 6.93. The number of carboxylic acid groups (broad SMARTS) is 1. The fourth-order valence-corrected chi connectivity index (χ4v) is 2.82. The fourth-order valence-electron chi connectivity index (χ4n) is 2.82. The molecule has 0 aliphatic carbocycles. The van der Waals surface area contributed by atoms with Gasteiger partial charge in [0.1, 0.15) is 5.75 Å². The SMILES string of the molecule is CCOC(=O)C(C)(C)CCOc1ccccc1N1CCN(C(=O)O)CC1. The van der Waals surface area contributed by atoms with Gasteiger partial charge in [-0.1, -0.05) is 12.1 Å². The monoisotopic (exact) mass is 364 g/mol. The van der Waals surface area contributed by atoms with Gasteiger partial charge in [-0.25, -0.2) is 4.79 Å². The number of piperazine rings is 1. The molecule has 7 nitrogen and oxygen atoms in total. The van der Waals surface area contributed by atoms with Crippen LogP contribution in [0.1, 0.15) is 27.2 Å². The number of carbonyl (C=O) groups is 2. The summed E-state index contributed by atoms with van der Waals surface area (Å²) in [6.07, 6.45) is -0.331. The number of amides is 1. The van der Waals surface area contributed by atoms with E-state index in [2.05, 4.69) is 4.90 Å². The van der Waals surface area contributed by atoms with Crippen LogP contribution in [0.15, 0.2) is 24.3 Å². The molecule has 0 saturated carbocycles. The van der Waals surface area contributed by atoms with Gasteiger partial charge < -0.3 is 24.4 Å². The van der Waals surface area contributed by atoms with Crippen molar-refractivity contribution < 1.29 is 24.2 Å². The zero-order valence-electron chi connectivity index (χ0n) is 15.7. The normalized spacial score (nSPS) is 14.9. The third-order valence-corrected chi connectivity index (χ3v) is 4.57. The molecule has 0 bridgehead atoms. The Balaban J connectivity index is 1.95. The van der Waals surface area contributed by atoms with E-state index in [0.717, 1.165) is 11.4 Å². The number of carbonyl (C=O) groups excluding carboxylic acids is 1. The van der Waals surface area contributed by atoms with Gasteiger partial charge >= 0.3 is 12.1 Å². The summed E-state index contributed by atoms with van der Waals surface area (Å²) in [6.45, 7) is 8.47. The molecule has 0 aromatic heterocycles. The average Bonchev–Trinajstić information content (AvgIpc) is 2.62. The average molecular weight is 364 g/mol. The molecule has 144 valence electrons. The minimum atomic E-state index is -0.879. The van der Waals surface area contributed by atoms with Crippen LogP contribution < -0.4 is 9.64 Å². The van der Waals surface area contributed by atoms with Crippen molar-refractivity contribution in [3.05, 3.63) is 24.3 Å². The van der Waals surface area contributed by atoms with E-state index in [0.29, 0.717) is 45.8 Å². The molecule has 1 aliphatic rings. The molecule has 1 amide bonds. The van der Waals surface area contributed by atoms with E-state index in [1.165, 1.54) is 4.90 Å². The smallest absolute Gasteiger partial charge is 0.407 e. The Kier molecular flexibility index (Phi) is 6.71. The zero-order valence-corrected chi connectivity index (χ0v) is 15.7. The van der Waals surface area contributed by atoms with Gasteiger partial charge in [0.15, 0.2) is 0 Å².